The molecule has 0 aliphatic carbocycles. The maximum Gasteiger partial charge on any atom is 0.0877 e. The minimum atomic E-state index is 0.147. The van der Waals surface area contributed by atoms with Gasteiger partial charge in [0.2, 0.25) is 0 Å². The van der Waals surface area contributed by atoms with E-state index in [-0.39, 0.29) is 6.04 Å². The molecule has 2 heterocycles. The molecule has 0 saturated carbocycles. The van der Waals surface area contributed by atoms with Crippen molar-refractivity contribution in [3.05, 3.63) is 28.0 Å². The number of nitrogens with one attached hydrogen (secondary N) is 1. The summed E-state index contributed by atoms with van der Waals surface area (Å²) in [4.78, 5) is 5.62. The molecule has 2 aromatic heterocycles. The number of aromatic nitrogens is 4. The van der Waals surface area contributed by atoms with Crippen molar-refractivity contribution in [3.63, 3.8) is 0 Å². The molecule has 1 atom stereocenters. The Hall–Kier alpha value is -1.27. The van der Waals surface area contributed by atoms with Crippen molar-refractivity contribution < 1.29 is 0 Å². The van der Waals surface area contributed by atoms with Crippen LogP contribution in [0.3, 0.4) is 0 Å². The van der Waals surface area contributed by atoms with E-state index in [0.29, 0.717) is 0 Å². The number of thiazole rings is 1. The first kappa shape index (κ1) is 14.1. The Morgan fingerprint density at radius 1 is 1.37 bits per heavy atom. The van der Waals surface area contributed by atoms with Crippen molar-refractivity contribution in [3.8, 4) is 0 Å². The van der Waals surface area contributed by atoms with Gasteiger partial charge >= 0.3 is 0 Å². The van der Waals surface area contributed by atoms with Crippen molar-refractivity contribution in [1.82, 2.24) is 25.3 Å². The largest absolute Gasteiger partial charge is 0.304 e. The Balaban J connectivity index is 2.31. The second-order valence-electron chi connectivity index (χ2n) is 4.57. The summed E-state index contributed by atoms with van der Waals surface area (Å²) in [6, 6.07) is 0.147. The lowest BCUT2D eigenvalue weighted by Gasteiger charge is -2.18. The molecule has 0 spiro atoms. The summed E-state index contributed by atoms with van der Waals surface area (Å²) < 4.78 is 1.99. The smallest absolute Gasteiger partial charge is 0.0877 e. The van der Waals surface area contributed by atoms with Crippen molar-refractivity contribution in [2.24, 2.45) is 0 Å². The van der Waals surface area contributed by atoms with Crippen LogP contribution < -0.4 is 5.32 Å². The van der Waals surface area contributed by atoms with E-state index in [4.69, 9.17) is 0 Å². The highest BCUT2D eigenvalue weighted by Crippen LogP contribution is 2.27. The van der Waals surface area contributed by atoms with Crippen LogP contribution in [0.2, 0.25) is 0 Å². The van der Waals surface area contributed by atoms with Gasteiger partial charge in [0.05, 0.1) is 34.0 Å². The van der Waals surface area contributed by atoms with Crippen molar-refractivity contribution in [2.75, 3.05) is 6.54 Å². The second-order valence-corrected chi connectivity index (χ2v) is 5.46. The van der Waals surface area contributed by atoms with E-state index in [9.17, 15) is 0 Å². The average molecular weight is 279 g/mol. The predicted octanol–water partition coefficient (Wildman–Crippen LogP) is 2.54. The van der Waals surface area contributed by atoms with Gasteiger partial charge in [0, 0.05) is 6.54 Å². The molecule has 0 saturated heterocycles. The van der Waals surface area contributed by atoms with Crippen LogP contribution >= 0.6 is 11.3 Å². The second kappa shape index (κ2) is 6.77. The molecule has 104 valence electrons. The normalized spacial score (nSPS) is 12.8. The molecule has 1 N–H and O–H groups in total. The van der Waals surface area contributed by atoms with Crippen LogP contribution in [0.4, 0.5) is 0 Å². The standard InChI is InChI=1S/C13H21N5S/c1-4-6-14-12(13-10(3)15-9-19-13)11-8-16-17-18(11)7-5-2/h8-9,12,14H,4-7H2,1-3H3. The number of rotatable bonds is 7. The maximum atomic E-state index is 4.36. The molecular weight excluding hydrogens is 258 g/mol. The Morgan fingerprint density at radius 3 is 2.84 bits per heavy atom. The number of nitrogens with zero attached hydrogens (tertiary/aromatic N) is 4. The van der Waals surface area contributed by atoms with Crippen LogP contribution in [0.25, 0.3) is 0 Å². The number of hydrogen-bond donors (Lipinski definition) is 1. The number of aryl methyl sites for hydroxylation is 2. The van der Waals surface area contributed by atoms with E-state index in [1.165, 1.54) is 4.88 Å². The molecular formula is C13H21N5S. The number of hydrogen-bond acceptors (Lipinski definition) is 5. The fourth-order valence-electron chi connectivity index (χ4n) is 2.08. The average Bonchev–Trinajstić information content (AvgIpc) is 3.01. The molecule has 1 unspecified atom stereocenters. The minimum absolute atomic E-state index is 0.147. The molecule has 0 fully saturated rings. The van der Waals surface area contributed by atoms with Crippen LogP contribution in [0.1, 0.15) is 49.0 Å². The molecule has 6 heteroatoms. The van der Waals surface area contributed by atoms with Crippen LogP contribution in [-0.2, 0) is 6.54 Å². The highest BCUT2D eigenvalue weighted by molar-refractivity contribution is 7.09. The van der Waals surface area contributed by atoms with Crippen molar-refractivity contribution in [2.45, 2.75) is 46.2 Å². The van der Waals surface area contributed by atoms with Crippen molar-refractivity contribution >= 4 is 11.3 Å². The zero-order valence-corrected chi connectivity index (χ0v) is 12.6. The lowest BCUT2D eigenvalue weighted by molar-refractivity contribution is 0.506. The summed E-state index contributed by atoms with van der Waals surface area (Å²) in [5.74, 6) is 0. The van der Waals surface area contributed by atoms with E-state index < -0.39 is 0 Å². The SMILES string of the molecule is CCCNC(c1scnc1C)c1cnnn1CCC. The summed E-state index contributed by atoms with van der Waals surface area (Å²) in [7, 11) is 0. The fraction of sp³-hybridized carbons (Fsp3) is 0.615. The summed E-state index contributed by atoms with van der Waals surface area (Å²) in [5.41, 5.74) is 4.12. The zero-order valence-electron chi connectivity index (χ0n) is 11.8. The summed E-state index contributed by atoms with van der Waals surface area (Å²) in [6.45, 7) is 8.25. The molecule has 2 aromatic rings. The van der Waals surface area contributed by atoms with Gasteiger partial charge in [0.15, 0.2) is 0 Å². The van der Waals surface area contributed by atoms with Gasteiger partial charge in [-0.1, -0.05) is 19.1 Å². The first-order valence-corrected chi connectivity index (χ1v) is 7.67. The third-order valence-corrected chi connectivity index (χ3v) is 4.02. The van der Waals surface area contributed by atoms with Gasteiger partial charge < -0.3 is 5.32 Å². The molecule has 5 nitrogen and oxygen atoms in total. The Kier molecular flexibility index (Phi) is 5.04. The van der Waals surface area contributed by atoms with Gasteiger partial charge in [-0.3, -0.25) is 0 Å². The Morgan fingerprint density at radius 2 is 2.21 bits per heavy atom. The Labute approximate surface area is 118 Å². The zero-order chi connectivity index (χ0) is 13.7. The van der Waals surface area contributed by atoms with E-state index in [1.807, 2.05) is 16.4 Å². The lowest BCUT2D eigenvalue weighted by Crippen LogP contribution is -2.25. The van der Waals surface area contributed by atoms with Gasteiger partial charge in [0.1, 0.15) is 0 Å². The monoisotopic (exact) mass is 279 g/mol. The first-order valence-electron chi connectivity index (χ1n) is 6.79. The topological polar surface area (TPSA) is 55.6 Å². The molecule has 0 amide bonds. The van der Waals surface area contributed by atoms with Gasteiger partial charge in [-0.15, -0.1) is 16.4 Å². The third-order valence-electron chi connectivity index (χ3n) is 3.02. The van der Waals surface area contributed by atoms with Gasteiger partial charge in [0.25, 0.3) is 0 Å². The first-order chi connectivity index (χ1) is 9.27. The third kappa shape index (κ3) is 3.19. The summed E-state index contributed by atoms with van der Waals surface area (Å²) >= 11 is 1.69. The summed E-state index contributed by atoms with van der Waals surface area (Å²) in [5, 5.41) is 11.8. The van der Waals surface area contributed by atoms with Crippen LogP contribution in [0, 0.1) is 6.92 Å². The van der Waals surface area contributed by atoms with Gasteiger partial charge in [-0.05, 0) is 26.3 Å². The van der Waals surface area contributed by atoms with Gasteiger partial charge in [-0.2, -0.15) is 0 Å². The Bertz CT molecular complexity index is 505. The van der Waals surface area contributed by atoms with E-state index in [2.05, 4.69) is 41.4 Å². The predicted molar refractivity (Wildman–Crippen MR) is 77.3 cm³/mol. The molecule has 19 heavy (non-hydrogen) atoms. The van der Waals surface area contributed by atoms with Crippen molar-refractivity contribution in [1.29, 1.82) is 0 Å². The maximum absolute atomic E-state index is 4.36. The minimum Gasteiger partial charge on any atom is -0.304 e. The quantitative estimate of drug-likeness (QED) is 0.846. The lowest BCUT2D eigenvalue weighted by atomic mass is 10.1. The highest BCUT2D eigenvalue weighted by Gasteiger charge is 2.21. The fourth-order valence-corrected chi connectivity index (χ4v) is 2.97. The van der Waals surface area contributed by atoms with Crippen LogP contribution in [0.15, 0.2) is 11.7 Å². The van der Waals surface area contributed by atoms with Gasteiger partial charge in [-0.25, -0.2) is 9.67 Å². The summed E-state index contributed by atoms with van der Waals surface area (Å²) in [6.07, 6.45) is 4.02. The van der Waals surface area contributed by atoms with E-state index >= 15 is 0 Å². The molecule has 2 rings (SSSR count). The van der Waals surface area contributed by atoms with E-state index in [0.717, 1.165) is 37.3 Å². The molecule has 0 bridgehead atoms. The van der Waals surface area contributed by atoms with Crippen LogP contribution in [-0.4, -0.2) is 26.5 Å². The molecule has 0 aliphatic rings. The highest BCUT2D eigenvalue weighted by atomic mass is 32.1. The molecule has 0 aliphatic heterocycles. The molecule has 0 radical (unpaired) electrons. The van der Waals surface area contributed by atoms with Crippen LogP contribution in [0.5, 0.6) is 0 Å². The van der Waals surface area contributed by atoms with E-state index in [1.54, 1.807) is 11.3 Å². The molecule has 0 aromatic carbocycles.